The lowest BCUT2D eigenvalue weighted by Crippen LogP contribution is -2.12. The third-order valence-electron chi connectivity index (χ3n) is 2.23. The molecule has 1 N–H and O–H groups in total. The van der Waals surface area contributed by atoms with Crippen LogP contribution >= 0.6 is 0 Å². The molecule has 0 fully saturated rings. The van der Waals surface area contributed by atoms with Gasteiger partial charge in [-0.25, -0.2) is 4.79 Å². The zero-order valence-electron chi connectivity index (χ0n) is 11.6. The zero-order chi connectivity index (χ0) is 15.1. The number of hydrogen-bond donors (Lipinski definition) is 1. The average Bonchev–Trinajstić information content (AvgIpc) is 2.36. The number of amides is 1. The molecule has 0 unspecified atom stereocenters. The van der Waals surface area contributed by atoms with E-state index >= 15 is 0 Å². The molecule has 20 heavy (non-hydrogen) atoms. The van der Waals surface area contributed by atoms with Gasteiger partial charge < -0.3 is 10.1 Å². The standard InChI is InChI=1S/C15H16N2O3/c1-10(2)20-15(19)13(9-16)8-12-4-6-14(7-5-12)17-11(3)18/h4-8,10H,1-3H3,(H,17,18)/b13-8+. The molecule has 0 spiro atoms. The summed E-state index contributed by atoms with van der Waals surface area (Å²) in [5, 5.41) is 11.6. The maximum atomic E-state index is 11.6. The number of nitrogens with one attached hydrogen (secondary N) is 1. The van der Waals surface area contributed by atoms with Crippen LogP contribution in [0.5, 0.6) is 0 Å². The fourth-order valence-corrected chi connectivity index (χ4v) is 1.45. The molecule has 0 atom stereocenters. The molecule has 5 nitrogen and oxygen atoms in total. The summed E-state index contributed by atoms with van der Waals surface area (Å²) in [4.78, 5) is 22.5. The summed E-state index contributed by atoms with van der Waals surface area (Å²) in [6.07, 6.45) is 1.17. The number of nitrogens with zero attached hydrogens (tertiary/aromatic N) is 1. The molecule has 0 saturated heterocycles. The van der Waals surface area contributed by atoms with E-state index in [-0.39, 0.29) is 17.6 Å². The van der Waals surface area contributed by atoms with Gasteiger partial charge in [0.15, 0.2) is 0 Å². The van der Waals surface area contributed by atoms with Crippen molar-refractivity contribution >= 4 is 23.6 Å². The van der Waals surface area contributed by atoms with E-state index in [1.54, 1.807) is 38.1 Å². The van der Waals surface area contributed by atoms with E-state index in [4.69, 9.17) is 10.00 Å². The largest absolute Gasteiger partial charge is 0.459 e. The van der Waals surface area contributed by atoms with Gasteiger partial charge in [-0.1, -0.05) is 12.1 Å². The summed E-state index contributed by atoms with van der Waals surface area (Å²) in [5.74, 6) is -0.806. The molecule has 1 rings (SSSR count). The van der Waals surface area contributed by atoms with Crippen LogP contribution in [0.2, 0.25) is 0 Å². The lowest BCUT2D eigenvalue weighted by atomic mass is 10.1. The highest BCUT2D eigenvalue weighted by molar-refractivity contribution is 5.98. The minimum absolute atomic E-state index is 0.0639. The van der Waals surface area contributed by atoms with Crippen molar-refractivity contribution in [2.45, 2.75) is 26.9 Å². The molecule has 0 aromatic heterocycles. The van der Waals surface area contributed by atoms with Crippen LogP contribution < -0.4 is 5.32 Å². The van der Waals surface area contributed by atoms with Crippen molar-refractivity contribution in [2.24, 2.45) is 0 Å². The molecular formula is C15H16N2O3. The summed E-state index contributed by atoms with van der Waals surface area (Å²) in [6, 6.07) is 8.60. The number of hydrogen-bond acceptors (Lipinski definition) is 4. The van der Waals surface area contributed by atoms with Crippen molar-refractivity contribution in [3.05, 3.63) is 35.4 Å². The maximum absolute atomic E-state index is 11.6. The Morgan fingerprint density at radius 1 is 1.30 bits per heavy atom. The van der Waals surface area contributed by atoms with E-state index in [1.165, 1.54) is 13.0 Å². The summed E-state index contributed by atoms with van der Waals surface area (Å²) < 4.78 is 4.97. The van der Waals surface area contributed by atoms with Gasteiger partial charge >= 0.3 is 5.97 Å². The normalized spacial score (nSPS) is 10.8. The smallest absolute Gasteiger partial charge is 0.349 e. The van der Waals surface area contributed by atoms with Gasteiger partial charge in [0.05, 0.1) is 6.10 Å². The molecular weight excluding hydrogens is 256 g/mol. The molecule has 5 heteroatoms. The molecule has 0 heterocycles. The molecule has 1 aromatic carbocycles. The number of anilines is 1. The van der Waals surface area contributed by atoms with Gasteiger partial charge in [0.1, 0.15) is 11.6 Å². The first-order valence-corrected chi connectivity index (χ1v) is 6.13. The van der Waals surface area contributed by atoms with E-state index in [1.807, 2.05) is 6.07 Å². The van der Waals surface area contributed by atoms with E-state index in [9.17, 15) is 9.59 Å². The lowest BCUT2D eigenvalue weighted by molar-refractivity contribution is -0.142. The second kappa shape index (κ2) is 7.10. The van der Waals surface area contributed by atoms with Gasteiger partial charge in [-0.15, -0.1) is 0 Å². The summed E-state index contributed by atoms with van der Waals surface area (Å²) in [7, 11) is 0. The lowest BCUT2D eigenvalue weighted by Gasteiger charge is -2.06. The molecule has 104 valence electrons. The monoisotopic (exact) mass is 272 g/mol. The van der Waals surface area contributed by atoms with Crippen molar-refractivity contribution in [3.63, 3.8) is 0 Å². The Bertz CT molecular complexity index is 566. The molecule has 0 bridgehead atoms. The van der Waals surface area contributed by atoms with Crippen LogP contribution in [-0.2, 0) is 14.3 Å². The predicted molar refractivity (Wildman–Crippen MR) is 75.6 cm³/mol. The number of benzene rings is 1. The molecule has 0 aliphatic carbocycles. The van der Waals surface area contributed by atoms with E-state index < -0.39 is 5.97 Å². The first kappa shape index (κ1) is 15.4. The molecule has 0 radical (unpaired) electrons. The molecule has 0 aliphatic heterocycles. The highest BCUT2D eigenvalue weighted by atomic mass is 16.5. The van der Waals surface area contributed by atoms with E-state index in [0.29, 0.717) is 11.3 Å². The second-order valence-corrected chi connectivity index (χ2v) is 4.43. The number of carbonyl (C=O) groups is 2. The highest BCUT2D eigenvalue weighted by Gasteiger charge is 2.12. The van der Waals surface area contributed by atoms with Gasteiger partial charge in [-0.05, 0) is 37.6 Å². The molecule has 0 aliphatic rings. The van der Waals surface area contributed by atoms with Crippen molar-refractivity contribution < 1.29 is 14.3 Å². The fraction of sp³-hybridized carbons (Fsp3) is 0.267. The van der Waals surface area contributed by atoms with Crippen LogP contribution in [-0.4, -0.2) is 18.0 Å². The second-order valence-electron chi connectivity index (χ2n) is 4.43. The molecule has 0 saturated carbocycles. The highest BCUT2D eigenvalue weighted by Crippen LogP contribution is 2.13. The van der Waals surface area contributed by atoms with Crippen LogP contribution in [0.3, 0.4) is 0 Å². The third-order valence-corrected chi connectivity index (χ3v) is 2.23. The van der Waals surface area contributed by atoms with Crippen LogP contribution in [0.4, 0.5) is 5.69 Å². The Morgan fingerprint density at radius 3 is 2.35 bits per heavy atom. The number of esters is 1. The third kappa shape index (κ3) is 4.94. The molecule has 1 amide bonds. The summed E-state index contributed by atoms with van der Waals surface area (Å²) >= 11 is 0. The summed E-state index contributed by atoms with van der Waals surface area (Å²) in [5.41, 5.74) is 1.26. The minimum atomic E-state index is -0.645. The van der Waals surface area contributed by atoms with Gasteiger partial charge in [-0.2, -0.15) is 5.26 Å². The fourth-order valence-electron chi connectivity index (χ4n) is 1.45. The van der Waals surface area contributed by atoms with Crippen LogP contribution in [0.15, 0.2) is 29.8 Å². The van der Waals surface area contributed by atoms with Crippen LogP contribution in [0, 0.1) is 11.3 Å². The number of carbonyl (C=O) groups excluding carboxylic acids is 2. The van der Waals surface area contributed by atoms with Gasteiger partial charge in [0.2, 0.25) is 5.91 Å². The van der Waals surface area contributed by atoms with Crippen molar-refractivity contribution in [3.8, 4) is 6.07 Å². The Morgan fingerprint density at radius 2 is 1.90 bits per heavy atom. The summed E-state index contributed by atoms with van der Waals surface area (Å²) in [6.45, 7) is 4.85. The predicted octanol–water partition coefficient (Wildman–Crippen LogP) is 2.50. The Balaban J connectivity index is 2.88. The first-order valence-electron chi connectivity index (χ1n) is 6.13. The number of nitriles is 1. The van der Waals surface area contributed by atoms with Gasteiger partial charge in [0.25, 0.3) is 0 Å². The van der Waals surface area contributed by atoms with Crippen LogP contribution in [0.1, 0.15) is 26.3 Å². The molecule has 1 aromatic rings. The topological polar surface area (TPSA) is 79.2 Å². The number of rotatable bonds is 4. The SMILES string of the molecule is CC(=O)Nc1ccc(/C=C(\C#N)C(=O)OC(C)C)cc1. The van der Waals surface area contributed by atoms with E-state index in [0.717, 1.165) is 0 Å². The first-order chi connectivity index (χ1) is 9.42. The van der Waals surface area contributed by atoms with Gasteiger partial charge in [0, 0.05) is 12.6 Å². The average molecular weight is 272 g/mol. The number of ether oxygens (including phenoxy) is 1. The van der Waals surface area contributed by atoms with Gasteiger partial charge in [-0.3, -0.25) is 4.79 Å². The van der Waals surface area contributed by atoms with Crippen molar-refractivity contribution in [2.75, 3.05) is 5.32 Å². The van der Waals surface area contributed by atoms with Crippen molar-refractivity contribution in [1.82, 2.24) is 0 Å². The quantitative estimate of drug-likeness (QED) is 0.519. The van der Waals surface area contributed by atoms with E-state index in [2.05, 4.69) is 5.32 Å². The Hall–Kier alpha value is -2.61. The minimum Gasteiger partial charge on any atom is -0.459 e. The maximum Gasteiger partial charge on any atom is 0.349 e. The Kier molecular flexibility index (Phi) is 5.48. The van der Waals surface area contributed by atoms with Crippen molar-refractivity contribution in [1.29, 1.82) is 5.26 Å². The van der Waals surface area contributed by atoms with Crippen LogP contribution in [0.25, 0.3) is 6.08 Å². The zero-order valence-corrected chi connectivity index (χ0v) is 11.6. The Labute approximate surface area is 117 Å².